The molecule has 0 fully saturated rings. The molecule has 0 saturated heterocycles. The van der Waals surface area contributed by atoms with Gasteiger partial charge in [0.15, 0.2) is 5.75 Å². The summed E-state index contributed by atoms with van der Waals surface area (Å²) in [7, 11) is 0. The molecular weight excluding hydrogens is 258 g/mol. The molecule has 0 unspecified atom stereocenters. The summed E-state index contributed by atoms with van der Waals surface area (Å²) >= 11 is 0. The lowest BCUT2D eigenvalue weighted by Gasteiger charge is -2.29. The van der Waals surface area contributed by atoms with E-state index in [9.17, 15) is 14.7 Å². The van der Waals surface area contributed by atoms with Crippen molar-refractivity contribution in [1.29, 1.82) is 0 Å². The predicted molar refractivity (Wildman–Crippen MR) is 77.2 cm³/mol. The van der Waals surface area contributed by atoms with Gasteiger partial charge in [0.2, 0.25) is 0 Å². The maximum Gasteiger partial charge on any atom is 0.329 e. The standard InChI is InChI=1S/C15H23NO4/c1-5-15(6-2,14(18)19)16-9-7-8-12(13(16)17)20-10-11(3)4/h7-9,11H,5-6,10H2,1-4H3,(H,18,19). The van der Waals surface area contributed by atoms with Crippen molar-refractivity contribution in [1.82, 2.24) is 4.57 Å². The van der Waals surface area contributed by atoms with Crippen molar-refractivity contribution in [2.24, 2.45) is 5.92 Å². The van der Waals surface area contributed by atoms with E-state index in [1.807, 2.05) is 13.8 Å². The molecule has 1 heterocycles. The molecule has 0 aliphatic rings. The van der Waals surface area contributed by atoms with Crippen molar-refractivity contribution in [3.63, 3.8) is 0 Å². The van der Waals surface area contributed by atoms with Crippen LogP contribution in [0.4, 0.5) is 0 Å². The fourth-order valence-electron chi connectivity index (χ4n) is 2.17. The zero-order valence-corrected chi connectivity index (χ0v) is 12.5. The monoisotopic (exact) mass is 281 g/mol. The van der Waals surface area contributed by atoms with Crippen LogP contribution in [0.5, 0.6) is 5.75 Å². The molecule has 0 radical (unpaired) electrons. The van der Waals surface area contributed by atoms with E-state index in [-0.39, 0.29) is 11.3 Å². The summed E-state index contributed by atoms with van der Waals surface area (Å²) in [4.78, 5) is 24.0. The summed E-state index contributed by atoms with van der Waals surface area (Å²) < 4.78 is 6.76. The van der Waals surface area contributed by atoms with Gasteiger partial charge >= 0.3 is 5.97 Å². The highest BCUT2D eigenvalue weighted by Crippen LogP contribution is 2.24. The van der Waals surface area contributed by atoms with Crippen molar-refractivity contribution in [3.05, 3.63) is 28.7 Å². The number of carboxylic acids is 1. The Hall–Kier alpha value is -1.78. The number of ether oxygens (including phenoxy) is 1. The van der Waals surface area contributed by atoms with Crippen LogP contribution in [-0.4, -0.2) is 22.2 Å². The molecule has 1 rings (SSSR count). The Morgan fingerprint density at radius 2 is 2.00 bits per heavy atom. The number of hydrogen-bond donors (Lipinski definition) is 1. The van der Waals surface area contributed by atoms with Crippen molar-refractivity contribution < 1.29 is 14.6 Å². The van der Waals surface area contributed by atoms with Gasteiger partial charge in [0.1, 0.15) is 5.54 Å². The Balaban J connectivity index is 3.28. The van der Waals surface area contributed by atoms with E-state index in [0.29, 0.717) is 25.4 Å². The highest BCUT2D eigenvalue weighted by atomic mass is 16.5. The first-order chi connectivity index (χ1) is 9.39. The zero-order valence-electron chi connectivity index (χ0n) is 12.5. The van der Waals surface area contributed by atoms with E-state index >= 15 is 0 Å². The van der Waals surface area contributed by atoms with Crippen molar-refractivity contribution in [3.8, 4) is 5.75 Å². The van der Waals surface area contributed by atoms with E-state index in [0.717, 1.165) is 0 Å². The van der Waals surface area contributed by atoms with Crippen molar-refractivity contribution in [2.45, 2.75) is 46.1 Å². The van der Waals surface area contributed by atoms with Gasteiger partial charge in [0.05, 0.1) is 6.61 Å². The number of pyridine rings is 1. The van der Waals surface area contributed by atoms with Crippen molar-refractivity contribution in [2.75, 3.05) is 6.61 Å². The SMILES string of the molecule is CCC(CC)(C(=O)O)n1cccc(OCC(C)C)c1=O. The quantitative estimate of drug-likeness (QED) is 0.833. The summed E-state index contributed by atoms with van der Waals surface area (Å²) in [6.45, 7) is 7.94. The molecule has 5 heteroatoms. The second-order valence-electron chi connectivity index (χ2n) is 5.30. The summed E-state index contributed by atoms with van der Waals surface area (Å²) in [5.41, 5.74) is -1.60. The third kappa shape index (κ3) is 3.03. The molecule has 0 spiro atoms. The minimum absolute atomic E-state index is 0.203. The van der Waals surface area contributed by atoms with Gasteiger partial charge in [-0.1, -0.05) is 27.7 Å². The molecule has 0 bridgehead atoms. The van der Waals surface area contributed by atoms with Gasteiger partial charge in [-0.15, -0.1) is 0 Å². The minimum atomic E-state index is -1.21. The molecule has 0 saturated carbocycles. The second kappa shape index (κ2) is 6.59. The normalized spacial score (nSPS) is 11.7. The summed E-state index contributed by atoms with van der Waals surface area (Å²) in [6.07, 6.45) is 2.20. The van der Waals surface area contributed by atoms with Crippen LogP contribution < -0.4 is 10.3 Å². The fraction of sp³-hybridized carbons (Fsp3) is 0.600. The number of aliphatic carboxylic acids is 1. The highest BCUT2D eigenvalue weighted by Gasteiger charge is 2.38. The van der Waals surface area contributed by atoms with Crippen LogP contribution in [0, 0.1) is 5.92 Å². The number of nitrogens with zero attached hydrogens (tertiary/aromatic N) is 1. The third-order valence-electron chi connectivity index (χ3n) is 3.51. The molecule has 1 aromatic rings. The smallest absolute Gasteiger partial charge is 0.329 e. The maximum absolute atomic E-state index is 12.4. The molecule has 112 valence electrons. The van der Waals surface area contributed by atoms with Crippen LogP contribution in [0.2, 0.25) is 0 Å². The van der Waals surface area contributed by atoms with E-state index in [4.69, 9.17) is 4.74 Å². The topological polar surface area (TPSA) is 68.5 Å². The molecule has 1 aromatic heterocycles. The van der Waals surface area contributed by atoms with E-state index in [1.54, 1.807) is 26.0 Å². The summed E-state index contributed by atoms with van der Waals surface area (Å²) in [5.74, 6) is -0.496. The van der Waals surface area contributed by atoms with Crippen LogP contribution >= 0.6 is 0 Å². The molecule has 0 aliphatic carbocycles. The number of hydrogen-bond acceptors (Lipinski definition) is 3. The lowest BCUT2D eigenvalue weighted by Crippen LogP contribution is -2.46. The lowest BCUT2D eigenvalue weighted by molar-refractivity contribution is -0.148. The van der Waals surface area contributed by atoms with E-state index < -0.39 is 11.5 Å². The number of rotatable bonds is 7. The largest absolute Gasteiger partial charge is 0.488 e. The van der Waals surface area contributed by atoms with Gasteiger partial charge in [-0.05, 0) is 30.9 Å². The average Bonchev–Trinajstić information content (AvgIpc) is 2.40. The molecule has 5 nitrogen and oxygen atoms in total. The van der Waals surface area contributed by atoms with Crippen LogP contribution in [0.1, 0.15) is 40.5 Å². The molecular formula is C15H23NO4. The fourth-order valence-corrected chi connectivity index (χ4v) is 2.17. The first-order valence-corrected chi connectivity index (χ1v) is 6.97. The highest BCUT2D eigenvalue weighted by molar-refractivity contribution is 5.76. The Morgan fingerprint density at radius 1 is 1.40 bits per heavy atom. The van der Waals surface area contributed by atoms with Crippen molar-refractivity contribution >= 4 is 5.97 Å². The first kappa shape index (κ1) is 16.3. The van der Waals surface area contributed by atoms with Crippen LogP contribution in [0.25, 0.3) is 0 Å². The number of carbonyl (C=O) groups is 1. The Kier molecular flexibility index (Phi) is 5.36. The Labute approximate surface area is 119 Å². The first-order valence-electron chi connectivity index (χ1n) is 6.97. The Bertz CT molecular complexity index is 515. The minimum Gasteiger partial charge on any atom is -0.488 e. The zero-order chi connectivity index (χ0) is 15.3. The predicted octanol–water partition coefficient (Wildman–Crippen LogP) is 2.48. The second-order valence-corrected chi connectivity index (χ2v) is 5.30. The summed E-state index contributed by atoms with van der Waals surface area (Å²) in [5, 5.41) is 9.51. The lowest BCUT2D eigenvalue weighted by atomic mass is 9.92. The maximum atomic E-state index is 12.4. The summed E-state index contributed by atoms with van der Waals surface area (Å²) in [6, 6.07) is 3.24. The third-order valence-corrected chi connectivity index (χ3v) is 3.51. The van der Waals surface area contributed by atoms with Gasteiger partial charge in [-0.3, -0.25) is 9.36 Å². The van der Waals surface area contributed by atoms with Gasteiger partial charge in [-0.25, -0.2) is 4.79 Å². The van der Waals surface area contributed by atoms with E-state index in [2.05, 4.69) is 0 Å². The molecule has 20 heavy (non-hydrogen) atoms. The molecule has 0 aromatic carbocycles. The number of carboxylic acid groups (broad SMARTS) is 1. The van der Waals surface area contributed by atoms with Gasteiger partial charge in [0, 0.05) is 6.20 Å². The van der Waals surface area contributed by atoms with E-state index in [1.165, 1.54) is 10.8 Å². The van der Waals surface area contributed by atoms with Gasteiger partial charge < -0.3 is 9.84 Å². The van der Waals surface area contributed by atoms with Crippen LogP contribution in [0.3, 0.4) is 0 Å². The molecule has 0 amide bonds. The van der Waals surface area contributed by atoms with Crippen LogP contribution in [-0.2, 0) is 10.3 Å². The molecule has 0 atom stereocenters. The van der Waals surface area contributed by atoms with Crippen LogP contribution in [0.15, 0.2) is 23.1 Å². The Morgan fingerprint density at radius 3 is 2.45 bits per heavy atom. The number of aromatic nitrogens is 1. The molecule has 0 aliphatic heterocycles. The average molecular weight is 281 g/mol. The van der Waals surface area contributed by atoms with Gasteiger partial charge in [0.25, 0.3) is 5.56 Å². The molecule has 1 N–H and O–H groups in total. The van der Waals surface area contributed by atoms with Gasteiger partial charge in [-0.2, -0.15) is 0 Å².